The number of fused-ring (bicyclic) bond motifs is 1. The number of hydrogen-bond acceptors (Lipinski definition) is 9. The van der Waals surface area contributed by atoms with Gasteiger partial charge in [0.25, 0.3) is 5.09 Å². The van der Waals surface area contributed by atoms with Gasteiger partial charge in [0, 0.05) is 18.9 Å². The molecule has 3 atom stereocenters. The third kappa shape index (κ3) is 8.53. The number of carbonyl (C=O) groups is 2. The zero-order chi connectivity index (χ0) is 28.5. The van der Waals surface area contributed by atoms with E-state index in [-0.39, 0.29) is 30.7 Å². The molecule has 1 heterocycles. The second-order valence-corrected chi connectivity index (χ2v) is 9.83. The first-order chi connectivity index (χ1) is 16.6. The first kappa shape index (κ1) is 29.7. The van der Waals surface area contributed by atoms with Crippen LogP contribution in [0.4, 0.5) is 37.4 Å². The molecule has 1 aliphatic rings. The molecule has 0 fully saturated rings. The van der Waals surface area contributed by atoms with Crippen molar-refractivity contribution in [2.24, 2.45) is 0 Å². The molecule has 210 valence electrons. The van der Waals surface area contributed by atoms with E-state index in [0.29, 0.717) is 0 Å². The van der Waals surface area contributed by atoms with Gasteiger partial charge in [0.15, 0.2) is 0 Å². The lowest BCUT2D eigenvalue weighted by atomic mass is 10.0. The van der Waals surface area contributed by atoms with Crippen molar-refractivity contribution in [3.8, 4) is 5.75 Å². The molecule has 0 bridgehead atoms. The molecule has 0 N–H and O–H groups in total. The number of hydrogen-bond donors (Lipinski definition) is 0. The zero-order valence-corrected chi connectivity index (χ0v) is 19.3. The maximum atomic E-state index is 13.4. The van der Waals surface area contributed by atoms with Crippen LogP contribution in [0.3, 0.4) is 0 Å². The van der Waals surface area contributed by atoms with Gasteiger partial charge in [0.2, 0.25) is 12.4 Å². The lowest BCUT2D eigenvalue weighted by Crippen LogP contribution is -2.41. The van der Waals surface area contributed by atoms with Crippen LogP contribution in [0.25, 0.3) is 6.08 Å². The summed E-state index contributed by atoms with van der Waals surface area (Å²) in [5, 5.41) is 9.08. The molecule has 0 amide bonds. The predicted molar refractivity (Wildman–Crippen MR) is 106 cm³/mol. The molecule has 2 rings (SSSR count). The molecule has 0 aliphatic carbocycles. The molecule has 19 heteroatoms. The van der Waals surface area contributed by atoms with Gasteiger partial charge in [-0.3, -0.25) is 0 Å². The standard InChI is InChI=1S/C18H17F8NO9S/c1-9(36-27(30)31)5-6-32-17(29)34-10(2)33-16(28)13-8-11-7-12(37(22,23,24,25)26)3-4-14(11)35-15(13)18(19,20)21/h3-4,7-10,15H,5-6H2,1-2H3/t9?,10?,15-/m0/s1. The second-order valence-electron chi connectivity index (χ2n) is 7.43. The molecule has 37 heavy (non-hydrogen) atoms. The van der Waals surface area contributed by atoms with Gasteiger partial charge in [-0.1, -0.05) is 19.4 Å². The molecule has 10 nitrogen and oxygen atoms in total. The highest BCUT2D eigenvalue weighted by Crippen LogP contribution is 3.02. The summed E-state index contributed by atoms with van der Waals surface area (Å²) in [5.74, 6) is -2.73. The lowest BCUT2D eigenvalue weighted by Gasteiger charge is -2.41. The van der Waals surface area contributed by atoms with Crippen molar-refractivity contribution in [1.29, 1.82) is 0 Å². The third-order valence-corrected chi connectivity index (χ3v) is 5.49. The summed E-state index contributed by atoms with van der Waals surface area (Å²) in [6.07, 6.45) is -12.7. The average molecular weight is 575 g/mol. The molecule has 0 saturated carbocycles. The van der Waals surface area contributed by atoms with Crippen molar-refractivity contribution in [3.63, 3.8) is 0 Å². The molecular formula is C18H17F8NO9S. The fourth-order valence-electron chi connectivity index (χ4n) is 2.75. The summed E-state index contributed by atoms with van der Waals surface area (Å²) in [6.45, 7) is 1.68. The third-order valence-electron chi connectivity index (χ3n) is 4.34. The second kappa shape index (κ2) is 9.42. The van der Waals surface area contributed by atoms with E-state index in [0.717, 1.165) is 6.92 Å². The summed E-state index contributed by atoms with van der Waals surface area (Å²) in [5.41, 5.74) is -2.34. The minimum atomic E-state index is -10.2. The Morgan fingerprint density at radius 3 is 2.30 bits per heavy atom. The van der Waals surface area contributed by atoms with Gasteiger partial charge in [0.05, 0.1) is 12.2 Å². The van der Waals surface area contributed by atoms with E-state index in [1.165, 1.54) is 6.92 Å². The zero-order valence-electron chi connectivity index (χ0n) is 18.5. The fourth-order valence-corrected chi connectivity index (χ4v) is 3.42. The van der Waals surface area contributed by atoms with Crippen LogP contribution >= 0.6 is 10.2 Å². The van der Waals surface area contributed by atoms with E-state index in [9.17, 15) is 52.3 Å². The molecule has 0 spiro atoms. The Morgan fingerprint density at radius 1 is 1.14 bits per heavy atom. The Bertz CT molecular complexity index is 1110. The quantitative estimate of drug-likeness (QED) is 0.113. The molecule has 1 aromatic carbocycles. The van der Waals surface area contributed by atoms with Gasteiger partial charge in [0.1, 0.15) is 16.7 Å². The largest absolute Gasteiger partial charge is 0.511 e. The van der Waals surface area contributed by atoms with Crippen LogP contribution < -0.4 is 4.74 Å². The lowest BCUT2D eigenvalue weighted by molar-refractivity contribution is -0.767. The highest BCUT2D eigenvalue weighted by molar-refractivity contribution is 8.45. The Morgan fingerprint density at radius 2 is 1.76 bits per heavy atom. The monoisotopic (exact) mass is 575 g/mol. The van der Waals surface area contributed by atoms with Crippen LogP contribution in [0, 0.1) is 10.1 Å². The molecule has 1 aliphatic heterocycles. The number of benzene rings is 1. The predicted octanol–water partition coefficient (Wildman–Crippen LogP) is 6.08. The molecule has 1 aromatic rings. The van der Waals surface area contributed by atoms with Gasteiger partial charge >= 0.3 is 28.5 Å². The van der Waals surface area contributed by atoms with Crippen LogP contribution in [-0.2, 0) is 23.8 Å². The van der Waals surface area contributed by atoms with Crippen LogP contribution in [0.1, 0.15) is 25.8 Å². The first-order valence-corrected chi connectivity index (χ1v) is 11.7. The topological polar surface area (TPSA) is 123 Å². The summed E-state index contributed by atoms with van der Waals surface area (Å²) in [6, 6.07) is -0.0896. The van der Waals surface area contributed by atoms with Gasteiger partial charge in [-0.05, 0) is 31.2 Å². The minimum absolute atomic E-state index is 0.156. The number of esters is 1. The van der Waals surface area contributed by atoms with Crippen LogP contribution in [0.15, 0.2) is 28.7 Å². The SMILES string of the molecule is CC(CCOC(=O)OC(C)OC(=O)C1=Cc2cc(S(F)(F)(F)(F)F)ccc2O[C@@H]1C(F)(F)F)O[N+](=O)[O-]. The van der Waals surface area contributed by atoms with Crippen molar-refractivity contribution in [2.75, 3.05) is 6.61 Å². The summed E-state index contributed by atoms with van der Waals surface area (Å²) in [7, 11) is -10.2. The van der Waals surface area contributed by atoms with Gasteiger partial charge in [-0.25, -0.2) is 9.59 Å². The summed E-state index contributed by atoms with van der Waals surface area (Å²) in [4.78, 5) is 35.8. The summed E-state index contributed by atoms with van der Waals surface area (Å²) >= 11 is 0. The fraction of sp³-hybridized carbons (Fsp3) is 0.444. The van der Waals surface area contributed by atoms with Crippen LogP contribution in [0.2, 0.25) is 0 Å². The number of halogens is 8. The highest BCUT2D eigenvalue weighted by Gasteiger charge is 2.65. The van der Waals surface area contributed by atoms with E-state index >= 15 is 0 Å². The normalized spacial score (nSPS) is 19.0. The molecule has 0 radical (unpaired) electrons. The van der Waals surface area contributed by atoms with Gasteiger partial charge < -0.3 is 23.8 Å². The van der Waals surface area contributed by atoms with Gasteiger partial charge in [-0.2, -0.15) is 13.2 Å². The van der Waals surface area contributed by atoms with E-state index in [2.05, 4.69) is 23.8 Å². The Balaban J connectivity index is 2.17. The number of ether oxygens (including phenoxy) is 4. The van der Waals surface area contributed by atoms with Crippen molar-refractivity contribution in [1.82, 2.24) is 0 Å². The molecule has 0 aromatic heterocycles. The molecule has 2 unspecified atom stereocenters. The number of alkyl halides is 3. The molecule has 0 saturated heterocycles. The van der Waals surface area contributed by atoms with E-state index < -0.39 is 80.5 Å². The Hall–Kier alpha value is -3.51. The number of carbonyl (C=O) groups excluding carboxylic acids is 2. The van der Waals surface area contributed by atoms with Crippen LogP contribution in [-0.4, -0.2) is 48.5 Å². The number of rotatable bonds is 9. The van der Waals surface area contributed by atoms with Crippen molar-refractivity contribution >= 4 is 28.4 Å². The first-order valence-electron chi connectivity index (χ1n) is 9.75. The van der Waals surface area contributed by atoms with Crippen molar-refractivity contribution in [2.45, 2.75) is 49.8 Å². The van der Waals surface area contributed by atoms with Crippen LogP contribution in [0.5, 0.6) is 5.75 Å². The summed E-state index contributed by atoms with van der Waals surface area (Å²) < 4.78 is 124. The Labute approximate surface area is 201 Å². The Kier molecular flexibility index (Phi) is 7.56. The van der Waals surface area contributed by atoms with E-state index in [4.69, 9.17) is 0 Å². The average Bonchev–Trinajstić information content (AvgIpc) is 2.69. The van der Waals surface area contributed by atoms with Gasteiger partial charge in [-0.15, -0.1) is 10.1 Å². The maximum Gasteiger partial charge on any atom is 0.511 e. The maximum absolute atomic E-state index is 13.4. The minimum Gasteiger partial charge on any atom is -0.475 e. The highest BCUT2D eigenvalue weighted by atomic mass is 32.5. The number of nitrogens with zero attached hydrogens (tertiary/aromatic N) is 1. The smallest absolute Gasteiger partial charge is 0.475 e. The van der Waals surface area contributed by atoms with Crippen molar-refractivity contribution < 1.29 is 71.1 Å². The molecular weight excluding hydrogens is 558 g/mol. The van der Waals surface area contributed by atoms with Crippen molar-refractivity contribution in [3.05, 3.63) is 39.4 Å². The van der Waals surface area contributed by atoms with E-state index in [1.54, 1.807) is 0 Å². The van der Waals surface area contributed by atoms with E-state index in [1.807, 2.05) is 0 Å².